The molecule has 2 aromatic rings. The Bertz CT molecular complexity index is 792. The Morgan fingerprint density at radius 2 is 2.05 bits per heavy atom. The number of fused-ring (bicyclic) bond motifs is 1. The summed E-state index contributed by atoms with van der Waals surface area (Å²) in [5, 5.41) is 2.99. The fourth-order valence-corrected chi connectivity index (χ4v) is 2.79. The van der Waals surface area contributed by atoms with Crippen LogP contribution in [0.2, 0.25) is 0 Å². The first-order valence-corrected chi connectivity index (χ1v) is 6.63. The molecule has 0 spiro atoms. The summed E-state index contributed by atoms with van der Waals surface area (Å²) >= 11 is 6.02. The van der Waals surface area contributed by atoms with E-state index in [4.69, 9.17) is 16.6 Å². The first-order chi connectivity index (χ1) is 9.15. The SMILES string of the molecule is O=C1NC(=S)S/C1=C/c1coc2ccccc2c1=O. The van der Waals surface area contributed by atoms with Crippen LogP contribution in [0.25, 0.3) is 17.0 Å². The molecule has 1 N–H and O–H groups in total. The van der Waals surface area contributed by atoms with Crippen LogP contribution in [0.15, 0.2) is 44.6 Å². The average molecular weight is 289 g/mol. The highest BCUT2D eigenvalue weighted by Gasteiger charge is 2.22. The molecule has 2 heterocycles. The summed E-state index contributed by atoms with van der Waals surface area (Å²) in [6.07, 6.45) is 2.85. The van der Waals surface area contributed by atoms with Gasteiger partial charge in [-0.05, 0) is 18.2 Å². The number of rotatable bonds is 1. The van der Waals surface area contributed by atoms with Crippen LogP contribution in [0.1, 0.15) is 5.56 Å². The fourth-order valence-electron chi connectivity index (χ4n) is 1.75. The van der Waals surface area contributed by atoms with Gasteiger partial charge in [-0.2, -0.15) is 0 Å². The van der Waals surface area contributed by atoms with Gasteiger partial charge < -0.3 is 9.73 Å². The molecule has 1 fully saturated rings. The Hall–Kier alpha value is -1.92. The summed E-state index contributed by atoms with van der Waals surface area (Å²) in [6, 6.07) is 6.97. The van der Waals surface area contributed by atoms with Crippen LogP contribution in [0.4, 0.5) is 0 Å². The lowest BCUT2D eigenvalue weighted by Gasteiger charge is -1.98. The summed E-state index contributed by atoms with van der Waals surface area (Å²) in [6.45, 7) is 0. The van der Waals surface area contributed by atoms with Crippen LogP contribution in [0.3, 0.4) is 0 Å². The van der Waals surface area contributed by atoms with Crippen LogP contribution in [0.5, 0.6) is 0 Å². The van der Waals surface area contributed by atoms with E-state index < -0.39 is 0 Å². The van der Waals surface area contributed by atoms with E-state index in [-0.39, 0.29) is 11.3 Å². The number of amides is 1. The number of nitrogens with one attached hydrogen (secondary N) is 1. The van der Waals surface area contributed by atoms with Gasteiger partial charge in [0.15, 0.2) is 5.43 Å². The van der Waals surface area contributed by atoms with E-state index in [0.717, 1.165) is 11.8 Å². The molecule has 19 heavy (non-hydrogen) atoms. The molecule has 0 atom stereocenters. The van der Waals surface area contributed by atoms with Crippen molar-refractivity contribution in [2.75, 3.05) is 0 Å². The van der Waals surface area contributed by atoms with Gasteiger partial charge in [-0.1, -0.05) is 36.1 Å². The van der Waals surface area contributed by atoms with Gasteiger partial charge in [0.2, 0.25) is 0 Å². The van der Waals surface area contributed by atoms with Crippen molar-refractivity contribution in [3.8, 4) is 0 Å². The molecule has 3 rings (SSSR count). The van der Waals surface area contributed by atoms with E-state index in [1.165, 1.54) is 12.3 Å². The molecule has 94 valence electrons. The monoisotopic (exact) mass is 289 g/mol. The molecule has 1 aliphatic rings. The molecular formula is C13H7NO3S2. The highest BCUT2D eigenvalue weighted by atomic mass is 32.2. The van der Waals surface area contributed by atoms with Gasteiger partial charge >= 0.3 is 0 Å². The Morgan fingerprint density at radius 1 is 1.26 bits per heavy atom. The molecule has 1 aromatic heterocycles. The maximum Gasteiger partial charge on any atom is 0.263 e. The maximum absolute atomic E-state index is 12.2. The minimum atomic E-state index is -0.289. The predicted molar refractivity (Wildman–Crippen MR) is 78.8 cm³/mol. The Morgan fingerprint density at radius 3 is 2.79 bits per heavy atom. The maximum atomic E-state index is 12.2. The summed E-state index contributed by atoms with van der Waals surface area (Å²) in [4.78, 5) is 24.2. The van der Waals surface area contributed by atoms with Crippen molar-refractivity contribution in [3.63, 3.8) is 0 Å². The van der Waals surface area contributed by atoms with Gasteiger partial charge in [0.05, 0.1) is 15.9 Å². The summed E-state index contributed by atoms with van der Waals surface area (Å²) in [7, 11) is 0. The van der Waals surface area contributed by atoms with Crippen molar-refractivity contribution >= 4 is 51.3 Å². The number of thiocarbonyl (C=S) groups is 1. The minimum Gasteiger partial charge on any atom is -0.463 e. The lowest BCUT2D eigenvalue weighted by Crippen LogP contribution is -2.17. The topological polar surface area (TPSA) is 59.3 Å². The van der Waals surface area contributed by atoms with Crippen molar-refractivity contribution in [2.24, 2.45) is 0 Å². The summed E-state index contributed by atoms with van der Waals surface area (Å²) in [5.74, 6) is -0.289. The Labute approximate surface area is 117 Å². The number of thioether (sulfide) groups is 1. The van der Waals surface area contributed by atoms with Crippen molar-refractivity contribution in [1.82, 2.24) is 5.32 Å². The zero-order valence-corrected chi connectivity index (χ0v) is 11.1. The highest BCUT2D eigenvalue weighted by Crippen LogP contribution is 2.25. The second-order valence-electron chi connectivity index (χ2n) is 3.87. The average Bonchev–Trinajstić information content (AvgIpc) is 2.72. The second kappa shape index (κ2) is 4.64. The Balaban J connectivity index is 2.14. The van der Waals surface area contributed by atoms with E-state index in [0.29, 0.717) is 25.8 Å². The number of hydrogen-bond donors (Lipinski definition) is 1. The normalized spacial score (nSPS) is 17.2. The van der Waals surface area contributed by atoms with Crippen LogP contribution in [0, 0.1) is 0 Å². The summed E-state index contributed by atoms with van der Waals surface area (Å²) < 4.78 is 5.77. The second-order valence-corrected chi connectivity index (χ2v) is 5.59. The number of benzene rings is 1. The van der Waals surface area contributed by atoms with Crippen molar-refractivity contribution < 1.29 is 9.21 Å². The third-order valence-corrected chi connectivity index (χ3v) is 3.80. The van der Waals surface area contributed by atoms with Gasteiger partial charge in [0, 0.05) is 0 Å². The third kappa shape index (κ3) is 2.20. The molecule has 4 nitrogen and oxygen atoms in total. The van der Waals surface area contributed by atoms with Gasteiger partial charge in [0.1, 0.15) is 16.2 Å². The highest BCUT2D eigenvalue weighted by molar-refractivity contribution is 8.26. The van der Waals surface area contributed by atoms with Crippen LogP contribution in [-0.4, -0.2) is 10.2 Å². The summed E-state index contributed by atoms with van der Waals surface area (Å²) in [5.41, 5.74) is 0.690. The smallest absolute Gasteiger partial charge is 0.263 e. The molecule has 0 saturated carbocycles. The van der Waals surface area contributed by atoms with Gasteiger partial charge in [-0.15, -0.1) is 0 Å². The van der Waals surface area contributed by atoms with Crippen LogP contribution < -0.4 is 10.7 Å². The van der Waals surface area contributed by atoms with E-state index >= 15 is 0 Å². The van der Waals surface area contributed by atoms with Crippen molar-refractivity contribution in [1.29, 1.82) is 0 Å². The minimum absolute atomic E-state index is 0.166. The first kappa shape index (κ1) is 12.1. The number of carbonyl (C=O) groups excluding carboxylic acids is 1. The molecule has 1 saturated heterocycles. The molecule has 6 heteroatoms. The van der Waals surface area contributed by atoms with Crippen molar-refractivity contribution in [3.05, 3.63) is 51.2 Å². The number of carbonyl (C=O) groups is 1. The molecule has 1 amide bonds. The van der Waals surface area contributed by atoms with E-state index in [1.807, 2.05) is 0 Å². The zero-order chi connectivity index (χ0) is 13.4. The van der Waals surface area contributed by atoms with Gasteiger partial charge in [-0.25, -0.2) is 0 Å². The fraction of sp³-hybridized carbons (Fsp3) is 0. The molecule has 0 aliphatic carbocycles. The lowest BCUT2D eigenvalue weighted by molar-refractivity contribution is -0.115. The molecule has 0 bridgehead atoms. The molecule has 1 aliphatic heterocycles. The largest absolute Gasteiger partial charge is 0.463 e. The third-order valence-electron chi connectivity index (χ3n) is 2.64. The Kier molecular flexibility index (Phi) is 2.96. The van der Waals surface area contributed by atoms with E-state index in [9.17, 15) is 9.59 Å². The standard InChI is InChI=1S/C13H7NO3S2/c15-11-7(5-10-12(16)14-13(18)19-10)6-17-9-4-2-1-3-8(9)11/h1-6H,(H,14,16,18)/b10-5+. The quantitative estimate of drug-likeness (QED) is 0.644. The number of para-hydroxylation sites is 1. The first-order valence-electron chi connectivity index (χ1n) is 5.40. The van der Waals surface area contributed by atoms with E-state index in [2.05, 4.69) is 5.32 Å². The van der Waals surface area contributed by atoms with Crippen LogP contribution in [-0.2, 0) is 4.79 Å². The molecule has 0 radical (unpaired) electrons. The predicted octanol–water partition coefficient (Wildman–Crippen LogP) is 2.28. The molecule has 1 aromatic carbocycles. The lowest BCUT2D eigenvalue weighted by atomic mass is 10.1. The number of hydrogen-bond acceptors (Lipinski definition) is 5. The molecular weight excluding hydrogens is 282 g/mol. The van der Waals surface area contributed by atoms with Crippen molar-refractivity contribution in [2.45, 2.75) is 0 Å². The van der Waals surface area contributed by atoms with E-state index in [1.54, 1.807) is 24.3 Å². The van der Waals surface area contributed by atoms with Gasteiger partial charge in [0.25, 0.3) is 5.91 Å². The van der Waals surface area contributed by atoms with Crippen LogP contribution >= 0.6 is 24.0 Å². The zero-order valence-electron chi connectivity index (χ0n) is 9.51. The molecule has 0 unspecified atom stereocenters. The van der Waals surface area contributed by atoms with Gasteiger partial charge in [-0.3, -0.25) is 9.59 Å².